The quantitative estimate of drug-likeness (QED) is 0.776. The number of amides is 2. The smallest absolute Gasteiger partial charge is 0.227 e. The van der Waals surface area contributed by atoms with Gasteiger partial charge in [0, 0.05) is 51.5 Å². The molecule has 29 heavy (non-hydrogen) atoms. The fourth-order valence-corrected chi connectivity index (χ4v) is 4.52. The van der Waals surface area contributed by atoms with E-state index in [-0.39, 0.29) is 11.8 Å². The Morgan fingerprint density at radius 1 is 1.03 bits per heavy atom. The molecule has 3 heterocycles. The summed E-state index contributed by atoms with van der Waals surface area (Å²) < 4.78 is 5.31. The van der Waals surface area contributed by atoms with Crippen molar-refractivity contribution in [2.75, 3.05) is 26.2 Å². The van der Waals surface area contributed by atoms with E-state index in [2.05, 4.69) is 10.1 Å². The van der Waals surface area contributed by atoms with E-state index in [1.54, 1.807) is 6.92 Å². The minimum Gasteiger partial charge on any atom is -0.343 e. The van der Waals surface area contributed by atoms with Crippen LogP contribution in [0.15, 0.2) is 34.9 Å². The van der Waals surface area contributed by atoms with Gasteiger partial charge in [0.25, 0.3) is 0 Å². The molecule has 0 aliphatic carbocycles. The van der Waals surface area contributed by atoms with Gasteiger partial charge in [-0.25, -0.2) is 0 Å². The van der Waals surface area contributed by atoms with Crippen LogP contribution >= 0.6 is 0 Å². The predicted octanol–water partition coefficient (Wildman–Crippen LogP) is 2.78. The maximum atomic E-state index is 12.6. The highest BCUT2D eigenvalue weighted by Gasteiger charge is 2.34. The third-order valence-electron chi connectivity index (χ3n) is 6.28. The maximum Gasteiger partial charge on any atom is 0.227 e. The number of hydrogen-bond donors (Lipinski definition) is 0. The Labute approximate surface area is 171 Å². The van der Waals surface area contributed by atoms with Crippen molar-refractivity contribution in [3.05, 3.63) is 36.2 Å². The van der Waals surface area contributed by atoms with Crippen LogP contribution in [0.4, 0.5) is 0 Å². The number of carbonyl (C=O) groups is 2. The molecule has 7 nitrogen and oxygen atoms in total. The van der Waals surface area contributed by atoms with Crippen LogP contribution in [0.25, 0.3) is 11.4 Å². The van der Waals surface area contributed by atoms with Crippen molar-refractivity contribution in [3.8, 4) is 11.4 Å². The third kappa shape index (κ3) is 4.66. The highest BCUT2D eigenvalue weighted by atomic mass is 16.5. The number of aryl methyl sites for hydroxylation is 1. The van der Waals surface area contributed by atoms with Crippen LogP contribution in [-0.2, 0) is 16.0 Å². The minimum atomic E-state index is 0.160. The summed E-state index contributed by atoms with van der Waals surface area (Å²) in [5.74, 6) is 2.57. The summed E-state index contributed by atoms with van der Waals surface area (Å²) in [5, 5.41) is 4.01. The molecule has 2 fully saturated rings. The molecule has 0 radical (unpaired) electrons. The Morgan fingerprint density at radius 3 is 2.45 bits per heavy atom. The lowest BCUT2D eigenvalue weighted by Gasteiger charge is -2.34. The van der Waals surface area contributed by atoms with Crippen LogP contribution in [0.2, 0.25) is 0 Å². The van der Waals surface area contributed by atoms with Gasteiger partial charge in [-0.2, -0.15) is 4.98 Å². The number of aromatic nitrogens is 2. The van der Waals surface area contributed by atoms with Crippen molar-refractivity contribution >= 4 is 11.8 Å². The van der Waals surface area contributed by atoms with Gasteiger partial charge in [0.1, 0.15) is 0 Å². The second-order valence-electron chi connectivity index (χ2n) is 8.11. The zero-order valence-electron chi connectivity index (χ0n) is 16.9. The van der Waals surface area contributed by atoms with Crippen molar-refractivity contribution in [1.82, 2.24) is 19.9 Å². The van der Waals surface area contributed by atoms with Gasteiger partial charge in [-0.1, -0.05) is 35.5 Å². The molecule has 0 bridgehead atoms. The molecule has 2 aliphatic rings. The molecule has 2 saturated heterocycles. The molecule has 1 aromatic carbocycles. The molecular formula is C22H28N4O3. The number of likely N-dealkylation sites (tertiary alicyclic amines) is 2. The summed E-state index contributed by atoms with van der Waals surface area (Å²) in [4.78, 5) is 32.5. The first-order chi connectivity index (χ1) is 14.1. The molecular weight excluding hydrogens is 368 g/mol. The van der Waals surface area contributed by atoms with Gasteiger partial charge in [-0.15, -0.1) is 0 Å². The standard InChI is InChI=1S/C22H28N4O3/c1-16(27)25-12-9-17(10-13-25)19-11-14-26(15-19)21(28)8-7-20-23-22(24-29-20)18-5-3-2-4-6-18/h2-6,17,19H,7-15H2,1H3. The molecule has 2 aromatic rings. The third-order valence-corrected chi connectivity index (χ3v) is 6.28. The van der Waals surface area contributed by atoms with Gasteiger partial charge in [-0.3, -0.25) is 9.59 Å². The number of piperidine rings is 1. The van der Waals surface area contributed by atoms with Crippen LogP contribution in [0, 0.1) is 11.8 Å². The van der Waals surface area contributed by atoms with E-state index in [0.29, 0.717) is 36.4 Å². The molecule has 1 atom stereocenters. The van der Waals surface area contributed by atoms with Crippen molar-refractivity contribution in [2.45, 2.75) is 39.0 Å². The second-order valence-corrected chi connectivity index (χ2v) is 8.11. The van der Waals surface area contributed by atoms with Gasteiger partial charge < -0.3 is 14.3 Å². The largest absolute Gasteiger partial charge is 0.343 e. The molecule has 0 spiro atoms. The monoisotopic (exact) mass is 396 g/mol. The summed E-state index contributed by atoms with van der Waals surface area (Å²) in [6.45, 7) is 5.01. The Morgan fingerprint density at radius 2 is 1.72 bits per heavy atom. The Balaban J connectivity index is 1.24. The van der Waals surface area contributed by atoms with Crippen molar-refractivity contribution < 1.29 is 14.1 Å². The lowest BCUT2D eigenvalue weighted by atomic mass is 9.84. The summed E-state index contributed by atoms with van der Waals surface area (Å²) in [5.41, 5.74) is 0.909. The molecule has 7 heteroatoms. The Kier molecular flexibility index (Phi) is 5.92. The van der Waals surface area contributed by atoms with Crippen LogP contribution in [0.5, 0.6) is 0 Å². The molecule has 1 unspecified atom stereocenters. The number of hydrogen-bond acceptors (Lipinski definition) is 5. The Bertz CT molecular complexity index is 843. The second kappa shape index (κ2) is 8.76. The zero-order chi connectivity index (χ0) is 20.2. The van der Waals surface area contributed by atoms with Crippen molar-refractivity contribution in [3.63, 3.8) is 0 Å². The number of carbonyl (C=O) groups excluding carboxylic acids is 2. The number of benzene rings is 1. The number of rotatable bonds is 5. The van der Waals surface area contributed by atoms with Crippen molar-refractivity contribution in [1.29, 1.82) is 0 Å². The first-order valence-corrected chi connectivity index (χ1v) is 10.5. The van der Waals surface area contributed by atoms with Crippen LogP contribution in [-0.4, -0.2) is 57.9 Å². The Hall–Kier alpha value is -2.70. The molecule has 0 N–H and O–H groups in total. The van der Waals surface area contributed by atoms with E-state index in [4.69, 9.17) is 4.52 Å². The predicted molar refractivity (Wildman–Crippen MR) is 108 cm³/mol. The normalized spacial score (nSPS) is 20.2. The van der Waals surface area contributed by atoms with Crippen LogP contribution in [0.3, 0.4) is 0 Å². The highest BCUT2D eigenvalue weighted by molar-refractivity contribution is 5.76. The fourth-order valence-electron chi connectivity index (χ4n) is 4.52. The van der Waals surface area contributed by atoms with E-state index >= 15 is 0 Å². The van der Waals surface area contributed by atoms with Crippen molar-refractivity contribution in [2.24, 2.45) is 11.8 Å². The first-order valence-electron chi connectivity index (χ1n) is 10.5. The molecule has 0 saturated carbocycles. The van der Waals surface area contributed by atoms with Gasteiger partial charge in [0.2, 0.25) is 23.5 Å². The average molecular weight is 396 g/mol. The van der Waals surface area contributed by atoms with E-state index in [1.165, 1.54) is 0 Å². The molecule has 154 valence electrons. The lowest BCUT2D eigenvalue weighted by molar-refractivity contribution is -0.130. The van der Waals surface area contributed by atoms with E-state index in [1.807, 2.05) is 40.1 Å². The number of nitrogens with zero attached hydrogens (tertiary/aromatic N) is 4. The lowest BCUT2D eigenvalue weighted by Crippen LogP contribution is -2.39. The maximum absolute atomic E-state index is 12.6. The molecule has 4 rings (SSSR count). The van der Waals surface area contributed by atoms with E-state index in [9.17, 15) is 9.59 Å². The zero-order valence-corrected chi connectivity index (χ0v) is 16.9. The topological polar surface area (TPSA) is 79.5 Å². The SMILES string of the molecule is CC(=O)N1CCC(C2CCN(C(=O)CCc3nc(-c4ccccc4)no3)C2)CC1. The average Bonchev–Trinajstić information content (AvgIpc) is 3.43. The molecule has 2 aliphatic heterocycles. The van der Waals surface area contributed by atoms with E-state index < -0.39 is 0 Å². The summed E-state index contributed by atoms with van der Waals surface area (Å²) >= 11 is 0. The van der Waals surface area contributed by atoms with E-state index in [0.717, 1.165) is 51.0 Å². The van der Waals surface area contributed by atoms with Crippen LogP contribution in [0.1, 0.15) is 38.5 Å². The summed E-state index contributed by atoms with van der Waals surface area (Å²) in [6.07, 6.45) is 4.03. The molecule has 2 amide bonds. The minimum absolute atomic E-state index is 0.160. The summed E-state index contributed by atoms with van der Waals surface area (Å²) in [6, 6.07) is 9.68. The highest BCUT2D eigenvalue weighted by Crippen LogP contribution is 2.32. The first kappa shape index (κ1) is 19.6. The van der Waals surface area contributed by atoms with Gasteiger partial charge in [0.15, 0.2) is 0 Å². The van der Waals surface area contributed by atoms with Gasteiger partial charge >= 0.3 is 0 Å². The van der Waals surface area contributed by atoms with Crippen LogP contribution < -0.4 is 0 Å². The fraction of sp³-hybridized carbons (Fsp3) is 0.545. The molecule has 1 aromatic heterocycles. The van der Waals surface area contributed by atoms with Gasteiger partial charge in [0.05, 0.1) is 0 Å². The summed E-state index contributed by atoms with van der Waals surface area (Å²) in [7, 11) is 0. The van der Waals surface area contributed by atoms with Gasteiger partial charge in [-0.05, 0) is 31.1 Å².